The molecule has 1 fully saturated rings. The van der Waals surface area contributed by atoms with Gasteiger partial charge in [0.05, 0.1) is 6.54 Å². The first-order valence-electron chi connectivity index (χ1n) is 10.3. The van der Waals surface area contributed by atoms with Gasteiger partial charge in [0.25, 0.3) is 5.91 Å². The Balaban J connectivity index is 1.17. The Hall–Kier alpha value is -3.49. The lowest BCUT2D eigenvalue weighted by Crippen LogP contribution is -2.48. The molecule has 1 aliphatic heterocycles. The number of rotatable bonds is 5. The second kappa shape index (κ2) is 8.94. The van der Waals surface area contributed by atoms with Crippen molar-refractivity contribution in [1.82, 2.24) is 25.1 Å². The van der Waals surface area contributed by atoms with Crippen molar-refractivity contribution in [3.05, 3.63) is 77.3 Å². The van der Waals surface area contributed by atoms with Crippen LogP contribution in [-0.4, -0.2) is 57.2 Å². The monoisotopic (exact) mass is 449 g/mol. The molecule has 4 aromatic rings. The number of hydrogen-bond donors (Lipinski definition) is 0. The molecule has 0 bridgehead atoms. The Morgan fingerprint density at radius 1 is 0.906 bits per heavy atom. The second-order valence-electron chi connectivity index (χ2n) is 7.53. The fraction of sp³-hybridized carbons (Fsp3) is 0.217. The zero-order chi connectivity index (χ0) is 21.9. The third-order valence-corrected chi connectivity index (χ3v) is 5.63. The van der Waals surface area contributed by atoms with E-state index in [9.17, 15) is 4.79 Å². The molecule has 1 saturated heterocycles. The fourth-order valence-corrected chi connectivity index (χ4v) is 3.74. The Morgan fingerprint density at radius 3 is 2.41 bits per heavy atom. The predicted octanol–water partition coefficient (Wildman–Crippen LogP) is 4.00. The number of carbonyl (C=O) groups is 1. The number of hydrogen-bond acceptors (Lipinski definition) is 7. The van der Waals surface area contributed by atoms with Crippen LogP contribution in [0.1, 0.15) is 16.4 Å². The first-order chi connectivity index (χ1) is 15.7. The number of aromatic nitrogens is 3. The van der Waals surface area contributed by atoms with Gasteiger partial charge >= 0.3 is 0 Å². The summed E-state index contributed by atoms with van der Waals surface area (Å²) in [6.45, 7) is 3.09. The summed E-state index contributed by atoms with van der Waals surface area (Å²) in [5.74, 6) is 1.17. The molecule has 0 N–H and O–H groups in total. The minimum Gasteiger partial charge on any atom is -0.350 e. The SMILES string of the molecule is O=C(c1cc(-c2ccccc2)no1)N1CCN(Cc2nc(-c3ccc(Cl)cc3)no2)CC1. The predicted molar refractivity (Wildman–Crippen MR) is 118 cm³/mol. The molecule has 1 amide bonds. The van der Waals surface area contributed by atoms with Crippen LogP contribution in [-0.2, 0) is 6.54 Å². The van der Waals surface area contributed by atoms with Crippen LogP contribution in [0.2, 0.25) is 5.02 Å². The van der Waals surface area contributed by atoms with Crippen molar-refractivity contribution in [2.24, 2.45) is 0 Å². The highest BCUT2D eigenvalue weighted by molar-refractivity contribution is 6.30. The van der Waals surface area contributed by atoms with Gasteiger partial charge in [0.1, 0.15) is 5.69 Å². The van der Waals surface area contributed by atoms with E-state index in [-0.39, 0.29) is 11.7 Å². The van der Waals surface area contributed by atoms with Gasteiger partial charge in [-0.1, -0.05) is 52.2 Å². The number of benzene rings is 2. The molecule has 0 atom stereocenters. The lowest BCUT2D eigenvalue weighted by Gasteiger charge is -2.33. The van der Waals surface area contributed by atoms with Crippen molar-refractivity contribution in [3.8, 4) is 22.6 Å². The van der Waals surface area contributed by atoms with Crippen LogP contribution < -0.4 is 0 Å². The smallest absolute Gasteiger partial charge is 0.292 e. The lowest BCUT2D eigenvalue weighted by atomic mass is 10.1. The molecule has 0 spiro atoms. The van der Waals surface area contributed by atoms with Crippen LogP contribution in [0.25, 0.3) is 22.6 Å². The van der Waals surface area contributed by atoms with E-state index in [2.05, 4.69) is 20.2 Å². The first-order valence-corrected chi connectivity index (χ1v) is 10.7. The van der Waals surface area contributed by atoms with E-state index in [0.29, 0.717) is 55.2 Å². The normalized spacial score (nSPS) is 14.6. The molecule has 5 rings (SSSR count). The molecule has 9 heteroatoms. The summed E-state index contributed by atoms with van der Waals surface area (Å²) < 4.78 is 10.7. The number of piperazine rings is 1. The van der Waals surface area contributed by atoms with E-state index in [0.717, 1.165) is 11.1 Å². The van der Waals surface area contributed by atoms with Gasteiger partial charge in [-0.3, -0.25) is 9.69 Å². The molecule has 0 unspecified atom stereocenters. The van der Waals surface area contributed by atoms with Gasteiger partial charge in [-0.25, -0.2) is 0 Å². The molecule has 2 aromatic carbocycles. The van der Waals surface area contributed by atoms with Gasteiger partial charge in [-0.05, 0) is 24.3 Å². The van der Waals surface area contributed by atoms with Crippen molar-refractivity contribution in [1.29, 1.82) is 0 Å². The van der Waals surface area contributed by atoms with E-state index in [1.165, 1.54) is 0 Å². The summed E-state index contributed by atoms with van der Waals surface area (Å²) in [7, 11) is 0. The molecule has 3 heterocycles. The zero-order valence-corrected chi connectivity index (χ0v) is 17.9. The van der Waals surface area contributed by atoms with Crippen LogP contribution in [0.5, 0.6) is 0 Å². The van der Waals surface area contributed by atoms with E-state index in [1.54, 1.807) is 23.1 Å². The van der Waals surface area contributed by atoms with Crippen LogP contribution in [0, 0.1) is 0 Å². The van der Waals surface area contributed by atoms with E-state index < -0.39 is 0 Å². The molecule has 162 valence electrons. The van der Waals surface area contributed by atoms with Crippen LogP contribution in [0.4, 0.5) is 0 Å². The van der Waals surface area contributed by atoms with Crippen molar-refractivity contribution >= 4 is 17.5 Å². The van der Waals surface area contributed by atoms with Crippen LogP contribution in [0.3, 0.4) is 0 Å². The molecule has 1 aliphatic rings. The third-order valence-electron chi connectivity index (χ3n) is 5.38. The lowest BCUT2D eigenvalue weighted by molar-refractivity contribution is 0.0576. The summed E-state index contributed by atoms with van der Waals surface area (Å²) >= 11 is 5.93. The Bertz CT molecular complexity index is 1200. The minimum absolute atomic E-state index is 0.151. The average Bonchev–Trinajstić information content (AvgIpc) is 3.51. The van der Waals surface area contributed by atoms with Gasteiger partial charge in [0, 0.05) is 48.4 Å². The Morgan fingerprint density at radius 2 is 1.66 bits per heavy atom. The Labute approximate surface area is 189 Å². The number of nitrogens with zero attached hydrogens (tertiary/aromatic N) is 5. The maximum absolute atomic E-state index is 12.8. The maximum atomic E-state index is 12.8. The standard InChI is InChI=1S/C23H20ClN5O3/c24-18-8-6-17(7-9-18)22-25-21(32-27-22)15-28-10-12-29(13-11-28)23(30)20-14-19(26-31-20)16-4-2-1-3-5-16/h1-9,14H,10-13,15H2. The third kappa shape index (κ3) is 4.42. The fourth-order valence-electron chi connectivity index (χ4n) is 3.61. The van der Waals surface area contributed by atoms with Crippen molar-refractivity contribution in [2.75, 3.05) is 26.2 Å². The van der Waals surface area contributed by atoms with Crippen molar-refractivity contribution in [2.45, 2.75) is 6.54 Å². The molecule has 32 heavy (non-hydrogen) atoms. The van der Waals surface area contributed by atoms with E-state index >= 15 is 0 Å². The van der Waals surface area contributed by atoms with Crippen molar-refractivity contribution < 1.29 is 13.8 Å². The minimum atomic E-state index is -0.151. The highest BCUT2D eigenvalue weighted by Gasteiger charge is 2.26. The number of carbonyl (C=O) groups excluding carboxylic acids is 1. The van der Waals surface area contributed by atoms with Crippen molar-refractivity contribution in [3.63, 3.8) is 0 Å². The number of halogens is 1. The summed E-state index contributed by atoms with van der Waals surface area (Å²) in [5, 5.41) is 8.75. The maximum Gasteiger partial charge on any atom is 0.292 e. The molecular formula is C23H20ClN5O3. The summed E-state index contributed by atoms with van der Waals surface area (Å²) in [6.07, 6.45) is 0. The van der Waals surface area contributed by atoms with Gasteiger partial charge in [-0.15, -0.1) is 0 Å². The Kier molecular flexibility index (Phi) is 5.70. The summed E-state index contributed by atoms with van der Waals surface area (Å²) in [4.78, 5) is 21.2. The molecule has 0 radical (unpaired) electrons. The quantitative estimate of drug-likeness (QED) is 0.455. The van der Waals surface area contributed by atoms with E-state index in [4.69, 9.17) is 20.6 Å². The van der Waals surface area contributed by atoms with Gasteiger partial charge < -0.3 is 13.9 Å². The van der Waals surface area contributed by atoms with E-state index in [1.807, 2.05) is 42.5 Å². The second-order valence-corrected chi connectivity index (χ2v) is 7.97. The topological polar surface area (TPSA) is 88.5 Å². The largest absolute Gasteiger partial charge is 0.350 e. The molecule has 0 saturated carbocycles. The highest BCUT2D eigenvalue weighted by atomic mass is 35.5. The zero-order valence-electron chi connectivity index (χ0n) is 17.1. The average molecular weight is 450 g/mol. The summed E-state index contributed by atoms with van der Waals surface area (Å²) in [6, 6.07) is 18.6. The van der Waals surface area contributed by atoms with Gasteiger partial charge in [0.2, 0.25) is 17.5 Å². The summed E-state index contributed by atoms with van der Waals surface area (Å²) in [5.41, 5.74) is 2.42. The van der Waals surface area contributed by atoms with Gasteiger partial charge in [0.15, 0.2) is 0 Å². The van der Waals surface area contributed by atoms with Crippen LogP contribution in [0.15, 0.2) is 69.7 Å². The molecular weight excluding hydrogens is 430 g/mol. The number of amides is 1. The molecule has 0 aliphatic carbocycles. The first kappa shape index (κ1) is 20.4. The molecule has 8 nitrogen and oxygen atoms in total. The van der Waals surface area contributed by atoms with Gasteiger partial charge in [-0.2, -0.15) is 4.98 Å². The molecule has 2 aromatic heterocycles. The van der Waals surface area contributed by atoms with Crippen LogP contribution >= 0.6 is 11.6 Å². The highest BCUT2D eigenvalue weighted by Crippen LogP contribution is 2.21.